The lowest BCUT2D eigenvalue weighted by molar-refractivity contribution is -0.126. The molecule has 44 heavy (non-hydrogen) atoms. The number of rotatable bonds is 12. The van der Waals surface area contributed by atoms with Gasteiger partial charge < -0.3 is 10.1 Å². The zero-order valence-electron chi connectivity index (χ0n) is 24.4. The third-order valence-corrected chi connectivity index (χ3v) is 7.41. The molecule has 3 amide bonds. The normalized spacial score (nSPS) is 14.6. The number of amides is 3. The summed E-state index contributed by atoms with van der Waals surface area (Å²) in [6.07, 6.45) is 9.84. The molecule has 0 unspecified atom stereocenters. The van der Waals surface area contributed by atoms with Crippen molar-refractivity contribution >= 4 is 40.7 Å². The van der Waals surface area contributed by atoms with Gasteiger partial charge in [-0.2, -0.15) is 4.99 Å². The lowest BCUT2D eigenvalue weighted by Gasteiger charge is -2.28. The Morgan fingerprint density at radius 1 is 0.977 bits per heavy atom. The number of aliphatic imine (C=N–C) groups is 1. The van der Waals surface area contributed by atoms with E-state index in [4.69, 9.17) is 4.74 Å². The Morgan fingerprint density at radius 3 is 2.18 bits per heavy atom. The van der Waals surface area contributed by atoms with Crippen LogP contribution in [-0.2, 0) is 14.4 Å². The van der Waals surface area contributed by atoms with Gasteiger partial charge in [-0.3, -0.25) is 19.3 Å². The van der Waals surface area contributed by atoms with Gasteiger partial charge >= 0.3 is 0 Å². The van der Waals surface area contributed by atoms with Crippen molar-refractivity contribution < 1.29 is 19.1 Å². The molecule has 0 fully saturated rings. The maximum absolute atomic E-state index is 13.8. The molecule has 1 aliphatic heterocycles. The molecule has 4 rings (SSSR count). The van der Waals surface area contributed by atoms with Crippen molar-refractivity contribution in [1.29, 1.82) is 0 Å². The quantitative estimate of drug-likeness (QED) is 0.108. The van der Waals surface area contributed by atoms with E-state index in [1.54, 1.807) is 61.6 Å². The second-order valence-corrected chi connectivity index (χ2v) is 10.4. The molecular weight excluding hydrogens is 570 g/mol. The van der Waals surface area contributed by atoms with Gasteiger partial charge in [-0.25, -0.2) is 0 Å². The summed E-state index contributed by atoms with van der Waals surface area (Å²) in [4.78, 5) is 45.9. The van der Waals surface area contributed by atoms with Crippen molar-refractivity contribution in [3.05, 3.63) is 156 Å². The molecule has 0 saturated heterocycles. The predicted molar refractivity (Wildman–Crippen MR) is 178 cm³/mol. The molecule has 0 radical (unpaired) electrons. The average Bonchev–Trinajstić information content (AvgIpc) is 3.06. The Kier molecular flexibility index (Phi) is 11.4. The molecule has 0 atom stereocenters. The van der Waals surface area contributed by atoms with Crippen molar-refractivity contribution in [1.82, 2.24) is 10.2 Å². The molecule has 222 valence electrons. The first-order valence-electron chi connectivity index (χ1n) is 14.0. The van der Waals surface area contributed by atoms with Crippen LogP contribution in [0.25, 0.3) is 6.08 Å². The molecule has 7 nitrogen and oxygen atoms in total. The maximum atomic E-state index is 13.8. The highest BCUT2D eigenvalue weighted by atomic mass is 32.2. The summed E-state index contributed by atoms with van der Waals surface area (Å²) in [5.74, 6) is -0.945. The van der Waals surface area contributed by atoms with E-state index in [0.29, 0.717) is 23.6 Å². The fraction of sp³-hybridized carbons (Fsp3) is 0.111. The number of nitrogens with one attached hydrogen (secondary N) is 1. The average molecular weight is 604 g/mol. The number of thioether (sulfide) groups is 1. The Morgan fingerprint density at radius 2 is 1.61 bits per heavy atom. The summed E-state index contributed by atoms with van der Waals surface area (Å²) in [6.45, 7) is 9.48. The Labute approximate surface area is 262 Å². The largest absolute Gasteiger partial charge is 0.490 e. The van der Waals surface area contributed by atoms with E-state index in [-0.39, 0.29) is 28.4 Å². The summed E-state index contributed by atoms with van der Waals surface area (Å²) in [6, 6.07) is 26.0. The van der Waals surface area contributed by atoms with Crippen LogP contribution >= 0.6 is 11.8 Å². The van der Waals surface area contributed by atoms with Gasteiger partial charge in [-0.15, -0.1) is 0 Å². The van der Waals surface area contributed by atoms with Gasteiger partial charge in [0.1, 0.15) is 17.9 Å². The molecule has 0 spiro atoms. The van der Waals surface area contributed by atoms with Crippen LogP contribution in [0.3, 0.4) is 0 Å². The summed E-state index contributed by atoms with van der Waals surface area (Å²) in [5, 5.41) is 3.20. The van der Waals surface area contributed by atoms with Crippen molar-refractivity contribution in [2.45, 2.75) is 13.0 Å². The molecule has 0 aliphatic carbocycles. The molecule has 0 bridgehead atoms. The molecule has 3 aromatic carbocycles. The molecular formula is C36H33N3O4S. The van der Waals surface area contributed by atoms with Gasteiger partial charge in [0.15, 0.2) is 5.17 Å². The molecule has 1 N–H and O–H groups in total. The number of ether oxygens (including phenoxy) is 1. The standard InChI is InChI=1S/C36H33N3O4S/c1-4-7-18-29(6-3)39-35(42)31(24-26-19-21-30(22-20-26)43-23-5-2)34(41)38-36(39)44-25-32(40)37-33(27-14-10-8-11-15-27)28-16-12-9-13-17-28/h4-22,24,33H,1-2,23,25H2,3H3,(H,37,40)/b18-7-,29-6+,31-24+. The zero-order chi connectivity index (χ0) is 31.3. The van der Waals surface area contributed by atoms with Gasteiger partial charge in [0, 0.05) is 5.70 Å². The van der Waals surface area contributed by atoms with Crippen molar-refractivity contribution in [3.8, 4) is 5.75 Å². The monoisotopic (exact) mass is 603 g/mol. The number of nitrogens with zero attached hydrogens (tertiary/aromatic N) is 2. The van der Waals surface area contributed by atoms with E-state index in [1.165, 1.54) is 11.0 Å². The third-order valence-electron chi connectivity index (χ3n) is 6.47. The van der Waals surface area contributed by atoms with Crippen LogP contribution in [0.4, 0.5) is 0 Å². The van der Waals surface area contributed by atoms with Crippen molar-refractivity contribution in [2.75, 3.05) is 12.4 Å². The maximum Gasteiger partial charge on any atom is 0.285 e. The van der Waals surface area contributed by atoms with E-state index in [0.717, 1.165) is 22.9 Å². The first-order chi connectivity index (χ1) is 21.4. The van der Waals surface area contributed by atoms with Gasteiger partial charge in [-0.05, 0) is 47.9 Å². The fourth-order valence-corrected chi connectivity index (χ4v) is 5.18. The van der Waals surface area contributed by atoms with Crippen LogP contribution < -0.4 is 10.1 Å². The minimum absolute atomic E-state index is 0.0700. The van der Waals surface area contributed by atoms with Crippen LogP contribution in [-0.4, -0.2) is 40.1 Å². The van der Waals surface area contributed by atoms with Crippen LogP contribution in [0.5, 0.6) is 5.75 Å². The van der Waals surface area contributed by atoms with E-state index >= 15 is 0 Å². The summed E-state index contributed by atoms with van der Waals surface area (Å²) < 4.78 is 5.52. The molecule has 0 aromatic heterocycles. The van der Waals surface area contributed by atoms with Crippen LogP contribution in [0.1, 0.15) is 29.7 Å². The number of carbonyl (C=O) groups excluding carboxylic acids is 3. The fourth-order valence-electron chi connectivity index (χ4n) is 4.38. The minimum atomic E-state index is -0.684. The first-order valence-corrected chi connectivity index (χ1v) is 14.9. The van der Waals surface area contributed by atoms with Gasteiger partial charge in [0.2, 0.25) is 5.91 Å². The van der Waals surface area contributed by atoms with Gasteiger partial charge in [0.05, 0.1) is 11.8 Å². The first kappa shape index (κ1) is 31.7. The molecule has 1 aliphatic rings. The number of amidine groups is 1. The molecule has 3 aromatic rings. The summed E-state index contributed by atoms with van der Waals surface area (Å²) >= 11 is 1.02. The topological polar surface area (TPSA) is 88.1 Å². The lowest BCUT2D eigenvalue weighted by Crippen LogP contribution is -2.42. The Hall–Kier alpha value is -5.21. The number of allylic oxidation sites excluding steroid dienone is 4. The summed E-state index contributed by atoms with van der Waals surface area (Å²) in [7, 11) is 0. The Balaban J connectivity index is 1.59. The van der Waals surface area contributed by atoms with Gasteiger partial charge in [0.25, 0.3) is 11.8 Å². The smallest absolute Gasteiger partial charge is 0.285 e. The summed E-state index contributed by atoms with van der Waals surface area (Å²) in [5.41, 5.74) is 2.88. The number of hydrogen-bond acceptors (Lipinski definition) is 5. The Bertz CT molecular complexity index is 1590. The van der Waals surface area contributed by atoms with Crippen molar-refractivity contribution in [3.63, 3.8) is 0 Å². The third kappa shape index (κ3) is 8.20. The van der Waals surface area contributed by atoms with Crippen LogP contribution in [0.15, 0.2) is 145 Å². The SMILES string of the molecule is C=C/C=C\C(=C/C)N1C(=O)/C(=C/c2ccc(OCC=C)cc2)C(=O)N=C1SCC(=O)NC(c1ccccc1)c1ccccc1. The van der Waals surface area contributed by atoms with Crippen LogP contribution in [0.2, 0.25) is 0 Å². The number of carbonyl (C=O) groups is 3. The van der Waals surface area contributed by atoms with Crippen molar-refractivity contribution in [2.24, 2.45) is 4.99 Å². The highest BCUT2D eigenvalue weighted by Gasteiger charge is 2.35. The van der Waals surface area contributed by atoms with E-state index in [1.807, 2.05) is 60.7 Å². The molecule has 1 heterocycles. The number of benzene rings is 3. The highest BCUT2D eigenvalue weighted by molar-refractivity contribution is 8.14. The predicted octanol–water partition coefficient (Wildman–Crippen LogP) is 6.64. The van der Waals surface area contributed by atoms with Gasteiger partial charge in [-0.1, -0.05) is 122 Å². The van der Waals surface area contributed by atoms with E-state index in [2.05, 4.69) is 23.5 Å². The zero-order valence-corrected chi connectivity index (χ0v) is 25.2. The number of hydrogen-bond donors (Lipinski definition) is 1. The highest BCUT2D eigenvalue weighted by Crippen LogP contribution is 2.27. The van der Waals surface area contributed by atoms with E-state index in [9.17, 15) is 14.4 Å². The lowest BCUT2D eigenvalue weighted by atomic mass is 9.99. The van der Waals surface area contributed by atoms with Crippen LogP contribution in [0, 0.1) is 0 Å². The van der Waals surface area contributed by atoms with E-state index < -0.39 is 11.8 Å². The molecule has 0 saturated carbocycles. The second-order valence-electron chi connectivity index (χ2n) is 9.49. The minimum Gasteiger partial charge on any atom is -0.490 e. The molecule has 8 heteroatoms. The second kappa shape index (κ2) is 15.9.